The fourth-order valence-electron chi connectivity index (χ4n) is 1.79. The molecule has 2 aromatic rings. The summed E-state index contributed by atoms with van der Waals surface area (Å²) in [5.74, 6) is 0.366. The predicted molar refractivity (Wildman–Crippen MR) is 76.1 cm³/mol. The zero-order valence-electron chi connectivity index (χ0n) is 12.0. The second-order valence-electron chi connectivity index (χ2n) is 4.87. The van der Waals surface area contributed by atoms with E-state index in [0.29, 0.717) is 16.9 Å². The average molecular weight is 275 g/mol. The lowest BCUT2D eigenvalue weighted by atomic mass is 10.1. The van der Waals surface area contributed by atoms with Gasteiger partial charge in [-0.3, -0.25) is 4.79 Å². The van der Waals surface area contributed by atoms with Gasteiger partial charge in [-0.1, -0.05) is 0 Å². The predicted octanol–water partition coefficient (Wildman–Crippen LogP) is 1.88. The van der Waals surface area contributed by atoms with Crippen LogP contribution in [0.4, 0.5) is 0 Å². The molecular formula is C15H17NO4. The maximum absolute atomic E-state index is 11.7. The molecule has 5 nitrogen and oxygen atoms in total. The highest BCUT2D eigenvalue weighted by molar-refractivity contribution is 5.82. The van der Waals surface area contributed by atoms with E-state index in [1.165, 1.54) is 4.90 Å². The second-order valence-corrected chi connectivity index (χ2v) is 4.87. The molecule has 0 aliphatic heterocycles. The number of hydrogen-bond donors (Lipinski definition) is 0. The number of hydrogen-bond acceptors (Lipinski definition) is 4. The number of fused-ring (bicyclic) bond motifs is 1. The van der Waals surface area contributed by atoms with Crippen molar-refractivity contribution in [2.75, 3.05) is 20.7 Å². The molecule has 0 saturated heterocycles. The van der Waals surface area contributed by atoms with E-state index in [1.54, 1.807) is 33.2 Å². The molecule has 1 amide bonds. The molecule has 1 aromatic heterocycles. The van der Waals surface area contributed by atoms with E-state index in [0.717, 1.165) is 10.9 Å². The molecule has 0 radical (unpaired) electrons. The minimum absolute atomic E-state index is 0.0480. The first kappa shape index (κ1) is 14.1. The Morgan fingerprint density at radius 2 is 1.95 bits per heavy atom. The molecule has 1 aromatic carbocycles. The van der Waals surface area contributed by atoms with Gasteiger partial charge in [-0.2, -0.15) is 0 Å². The Hall–Kier alpha value is -2.30. The summed E-state index contributed by atoms with van der Waals surface area (Å²) in [7, 11) is 3.33. The zero-order chi connectivity index (χ0) is 14.9. The standard InChI is InChI=1S/C15H17NO4/c1-9-10(2)15(18)20-13-7-11(5-6-12(9)13)19-8-14(17)16(3)4/h5-7H,8H2,1-4H3. The van der Waals surface area contributed by atoms with Crippen LogP contribution >= 0.6 is 0 Å². The number of amides is 1. The van der Waals surface area contributed by atoms with Crippen LogP contribution in [0.2, 0.25) is 0 Å². The lowest BCUT2D eigenvalue weighted by molar-refractivity contribution is -0.130. The van der Waals surface area contributed by atoms with Crippen LogP contribution in [0.1, 0.15) is 11.1 Å². The summed E-state index contributed by atoms with van der Waals surface area (Å²) in [6.45, 7) is 3.57. The van der Waals surface area contributed by atoms with Gasteiger partial charge in [-0.25, -0.2) is 4.79 Å². The molecule has 0 bridgehead atoms. The first-order valence-electron chi connectivity index (χ1n) is 6.27. The highest BCUT2D eigenvalue weighted by Crippen LogP contribution is 2.23. The van der Waals surface area contributed by atoms with Crippen LogP contribution in [-0.2, 0) is 4.79 Å². The number of carbonyl (C=O) groups excluding carboxylic acids is 1. The minimum atomic E-state index is -0.350. The van der Waals surface area contributed by atoms with Gasteiger partial charge in [-0.15, -0.1) is 0 Å². The summed E-state index contributed by atoms with van der Waals surface area (Å²) < 4.78 is 10.6. The molecule has 5 heteroatoms. The van der Waals surface area contributed by atoms with Crippen LogP contribution in [0.5, 0.6) is 5.75 Å². The molecule has 0 aliphatic carbocycles. The normalized spacial score (nSPS) is 10.6. The van der Waals surface area contributed by atoms with Crippen LogP contribution in [0.3, 0.4) is 0 Å². The van der Waals surface area contributed by atoms with Gasteiger partial charge in [0.05, 0.1) is 0 Å². The Kier molecular flexibility index (Phi) is 3.79. The largest absolute Gasteiger partial charge is 0.484 e. The van der Waals surface area contributed by atoms with Gasteiger partial charge in [0.15, 0.2) is 6.61 Å². The lowest BCUT2D eigenvalue weighted by Crippen LogP contribution is -2.27. The Morgan fingerprint density at radius 1 is 1.25 bits per heavy atom. The van der Waals surface area contributed by atoms with Crippen molar-refractivity contribution < 1.29 is 13.9 Å². The number of aryl methyl sites for hydroxylation is 1. The van der Waals surface area contributed by atoms with Crippen molar-refractivity contribution in [3.63, 3.8) is 0 Å². The van der Waals surface area contributed by atoms with E-state index < -0.39 is 0 Å². The third-order valence-corrected chi connectivity index (χ3v) is 3.29. The van der Waals surface area contributed by atoms with Crippen molar-refractivity contribution in [2.45, 2.75) is 13.8 Å². The summed E-state index contributed by atoms with van der Waals surface area (Å²) in [6, 6.07) is 5.22. The monoisotopic (exact) mass is 275 g/mol. The van der Waals surface area contributed by atoms with Crippen LogP contribution < -0.4 is 10.4 Å². The number of carbonyl (C=O) groups is 1. The van der Waals surface area contributed by atoms with E-state index in [4.69, 9.17) is 9.15 Å². The summed E-state index contributed by atoms with van der Waals surface area (Å²) in [6.07, 6.45) is 0. The molecule has 0 fully saturated rings. The van der Waals surface area contributed by atoms with Crippen molar-refractivity contribution in [3.05, 3.63) is 39.7 Å². The molecule has 0 spiro atoms. The summed E-state index contributed by atoms with van der Waals surface area (Å²) in [5, 5.41) is 0.869. The fourth-order valence-corrected chi connectivity index (χ4v) is 1.79. The Labute approximate surface area is 116 Å². The molecule has 2 rings (SSSR count). The lowest BCUT2D eigenvalue weighted by Gasteiger charge is -2.12. The SMILES string of the molecule is Cc1c(C)c2ccc(OCC(=O)N(C)C)cc2oc1=O. The van der Waals surface area contributed by atoms with Gasteiger partial charge in [0.2, 0.25) is 0 Å². The van der Waals surface area contributed by atoms with Crippen LogP contribution in [0.25, 0.3) is 11.0 Å². The number of likely N-dealkylation sites (N-methyl/N-ethyl adjacent to an activating group) is 1. The first-order valence-corrected chi connectivity index (χ1v) is 6.27. The molecular weight excluding hydrogens is 258 g/mol. The average Bonchev–Trinajstić information content (AvgIpc) is 2.41. The number of ether oxygens (including phenoxy) is 1. The molecule has 1 heterocycles. The van der Waals surface area contributed by atoms with Gasteiger partial charge in [0.1, 0.15) is 11.3 Å². The fraction of sp³-hybridized carbons (Fsp3) is 0.333. The van der Waals surface area contributed by atoms with Gasteiger partial charge >= 0.3 is 5.63 Å². The molecule has 20 heavy (non-hydrogen) atoms. The van der Waals surface area contributed by atoms with Crippen molar-refractivity contribution >= 4 is 16.9 Å². The summed E-state index contributed by atoms with van der Waals surface area (Å²) in [5.41, 5.74) is 1.62. The number of nitrogens with zero attached hydrogens (tertiary/aromatic N) is 1. The van der Waals surface area contributed by atoms with Gasteiger partial charge in [-0.05, 0) is 31.5 Å². The third kappa shape index (κ3) is 2.66. The van der Waals surface area contributed by atoms with E-state index in [-0.39, 0.29) is 18.1 Å². The van der Waals surface area contributed by atoms with Crippen molar-refractivity contribution in [3.8, 4) is 5.75 Å². The molecule has 0 unspecified atom stereocenters. The van der Waals surface area contributed by atoms with Gasteiger partial charge in [0, 0.05) is 31.1 Å². The highest BCUT2D eigenvalue weighted by atomic mass is 16.5. The number of rotatable bonds is 3. The summed E-state index contributed by atoms with van der Waals surface area (Å²) in [4.78, 5) is 24.6. The van der Waals surface area contributed by atoms with E-state index in [2.05, 4.69) is 0 Å². The van der Waals surface area contributed by atoms with Crippen LogP contribution in [0.15, 0.2) is 27.4 Å². The Bertz CT molecular complexity index is 716. The molecule has 0 aliphatic rings. The first-order chi connectivity index (χ1) is 9.40. The Balaban J connectivity index is 2.33. The van der Waals surface area contributed by atoms with Crippen LogP contribution in [-0.4, -0.2) is 31.5 Å². The zero-order valence-corrected chi connectivity index (χ0v) is 12.0. The molecule has 0 N–H and O–H groups in total. The maximum Gasteiger partial charge on any atom is 0.339 e. The van der Waals surface area contributed by atoms with Crippen molar-refractivity contribution in [1.29, 1.82) is 0 Å². The van der Waals surface area contributed by atoms with Crippen LogP contribution in [0, 0.1) is 13.8 Å². The minimum Gasteiger partial charge on any atom is -0.484 e. The van der Waals surface area contributed by atoms with E-state index >= 15 is 0 Å². The van der Waals surface area contributed by atoms with E-state index in [1.807, 2.05) is 13.0 Å². The smallest absolute Gasteiger partial charge is 0.339 e. The third-order valence-electron chi connectivity index (χ3n) is 3.29. The van der Waals surface area contributed by atoms with Crippen molar-refractivity contribution in [2.24, 2.45) is 0 Å². The molecule has 106 valence electrons. The number of benzene rings is 1. The summed E-state index contributed by atoms with van der Waals surface area (Å²) >= 11 is 0. The highest BCUT2D eigenvalue weighted by Gasteiger charge is 2.09. The second kappa shape index (κ2) is 5.36. The van der Waals surface area contributed by atoms with Gasteiger partial charge < -0.3 is 14.1 Å². The molecule has 0 atom stereocenters. The maximum atomic E-state index is 11.7. The van der Waals surface area contributed by atoms with Gasteiger partial charge in [0.25, 0.3) is 5.91 Å². The molecule has 0 saturated carbocycles. The van der Waals surface area contributed by atoms with Crippen molar-refractivity contribution in [1.82, 2.24) is 4.90 Å². The quantitative estimate of drug-likeness (QED) is 0.802. The Morgan fingerprint density at radius 3 is 2.60 bits per heavy atom. The van der Waals surface area contributed by atoms with E-state index in [9.17, 15) is 9.59 Å². The topological polar surface area (TPSA) is 59.8 Å².